The van der Waals surface area contributed by atoms with Crippen molar-refractivity contribution in [2.75, 3.05) is 0 Å². The number of amides is 1. The van der Waals surface area contributed by atoms with Gasteiger partial charge in [-0.25, -0.2) is 0 Å². The van der Waals surface area contributed by atoms with E-state index in [-0.39, 0.29) is 0 Å². The Morgan fingerprint density at radius 3 is 2.67 bits per heavy atom. The van der Waals surface area contributed by atoms with Gasteiger partial charge < -0.3 is 0 Å². The number of nitrogens with two attached hydrogens (primary N) is 1. The Hall–Kier alpha value is -0.421. The van der Waals surface area contributed by atoms with Crippen LogP contribution in [0.4, 0.5) is 0 Å². The van der Waals surface area contributed by atoms with E-state index in [0.29, 0.717) is 16.3 Å². The van der Waals surface area contributed by atoms with E-state index < -0.39 is 5.91 Å². The summed E-state index contributed by atoms with van der Waals surface area (Å²) in [4.78, 5) is 10.7. The van der Waals surface area contributed by atoms with Gasteiger partial charge in [0, 0.05) is 0 Å². The van der Waals surface area contributed by atoms with Gasteiger partial charge >= 0.3 is 88.6 Å². The maximum absolute atomic E-state index is 10.7. The van der Waals surface area contributed by atoms with Crippen molar-refractivity contribution in [2.45, 2.75) is 0 Å². The molecule has 0 saturated carbocycles. The first-order chi connectivity index (χ1) is 5.65. The van der Waals surface area contributed by atoms with Crippen molar-refractivity contribution in [2.24, 2.45) is 5.73 Å². The number of hydrogen-bond acceptors (Lipinski definition) is 2. The van der Waals surface area contributed by atoms with Crippen LogP contribution in [0.15, 0.2) is 18.2 Å². The predicted octanol–water partition coefficient (Wildman–Crippen LogP) is 0.901. The second kappa shape index (κ2) is 4.00. The molecule has 3 nitrogen and oxygen atoms in total. The molecule has 1 aromatic rings. The maximum atomic E-state index is 10.7. The van der Waals surface area contributed by atoms with E-state index in [0.717, 1.165) is 22.9 Å². The molecule has 0 atom stereocenters. The minimum absolute atomic E-state index is 0.386. The van der Waals surface area contributed by atoms with Crippen LogP contribution in [0.25, 0.3) is 0 Å². The summed E-state index contributed by atoms with van der Waals surface area (Å²) in [5.74, 6) is 0.0763. The van der Waals surface area contributed by atoms with Crippen molar-refractivity contribution >= 4 is 40.4 Å². The fourth-order valence-corrected chi connectivity index (χ4v) is 1.65. The molecule has 1 rings (SSSR count). The summed E-state index contributed by atoms with van der Waals surface area (Å²) in [6.45, 7) is 0. The number of halogens is 1. The third kappa shape index (κ3) is 2.04. The second-order valence-corrected chi connectivity index (χ2v) is 3.10. The summed E-state index contributed by atoms with van der Waals surface area (Å²) in [5, 5.41) is 0.406. The fraction of sp³-hybridized carbons (Fsp3) is 0. The van der Waals surface area contributed by atoms with Gasteiger partial charge in [0.05, 0.1) is 0 Å². The van der Waals surface area contributed by atoms with Gasteiger partial charge in [-0.05, 0) is 0 Å². The molecule has 1 amide bonds. The van der Waals surface area contributed by atoms with Crippen molar-refractivity contribution in [1.29, 1.82) is 0 Å². The van der Waals surface area contributed by atoms with Gasteiger partial charge in [0.1, 0.15) is 0 Å². The van der Waals surface area contributed by atoms with E-state index in [1.165, 1.54) is 6.07 Å². The summed E-state index contributed by atoms with van der Waals surface area (Å²) in [6, 6.07) is 4.69. The van der Waals surface area contributed by atoms with E-state index in [1.54, 1.807) is 12.1 Å². The van der Waals surface area contributed by atoms with Crippen LogP contribution in [0, 0.1) is 0 Å². The number of carbonyl (C=O) groups is 1. The second-order valence-electron chi connectivity index (χ2n) is 2.11. The van der Waals surface area contributed by atoms with Crippen molar-refractivity contribution in [1.82, 2.24) is 0 Å². The minimum atomic E-state index is -0.493. The van der Waals surface area contributed by atoms with Crippen LogP contribution in [0.3, 0.4) is 0 Å². The Bertz CT molecular complexity index is 316. The monoisotopic (exact) mass is 290 g/mol. The van der Waals surface area contributed by atoms with Crippen LogP contribution in [0.2, 0.25) is 5.02 Å². The van der Waals surface area contributed by atoms with Gasteiger partial charge in [0.25, 0.3) is 0 Å². The Kier molecular flexibility index (Phi) is 3.22. The average Bonchev–Trinajstić information content (AvgIpc) is 2.04. The molecular formula is C7H5ClNO2Sn. The van der Waals surface area contributed by atoms with Gasteiger partial charge in [-0.2, -0.15) is 0 Å². The summed E-state index contributed by atoms with van der Waals surface area (Å²) < 4.78 is 4.99. The number of rotatable bonds is 2. The molecule has 0 aliphatic rings. The van der Waals surface area contributed by atoms with Gasteiger partial charge in [-0.1, -0.05) is 0 Å². The molecule has 1 aromatic carbocycles. The van der Waals surface area contributed by atoms with E-state index >= 15 is 0 Å². The fourth-order valence-electron chi connectivity index (χ4n) is 0.737. The molecule has 5 heteroatoms. The standard InChI is InChI=1S/C7H6ClNO2.Sn/c8-5-3-4(7(9)11)1-2-6(5)10;/h1-3,10H,(H2,9,11);/q;+1/p-1. The van der Waals surface area contributed by atoms with E-state index in [1.807, 2.05) is 0 Å². The van der Waals surface area contributed by atoms with Crippen LogP contribution >= 0.6 is 11.6 Å². The van der Waals surface area contributed by atoms with Gasteiger partial charge in [-0.3, -0.25) is 0 Å². The van der Waals surface area contributed by atoms with Gasteiger partial charge in [0.2, 0.25) is 0 Å². The molecule has 0 spiro atoms. The first-order valence-electron chi connectivity index (χ1n) is 3.08. The Morgan fingerprint density at radius 2 is 2.25 bits per heavy atom. The molecule has 0 aliphatic heterocycles. The predicted molar refractivity (Wildman–Crippen MR) is 46.4 cm³/mol. The zero-order valence-corrected chi connectivity index (χ0v) is 9.61. The first kappa shape index (κ1) is 9.67. The summed E-state index contributed by atoms with van der Waals surface area (Å²) >= 11 is 6.65. The molecule has 0 saturated heterocycles. The van der Waals surface area contributed by atoms with Crippen LogP contribution in [0.5, 0.6) is 5.75 Å². The molecule has 2 N–H and O–H groups in total. The van der Waals surface area contributed by atoms with Crippen molar-refractivity contribution in [3.63, 3.8) is 0 Å². The first-order valence-corrected chi connectivity index (χ1v) is 4.62. The molecule has 0 unspecified atom stereocenters. The molecule has 0 aliphatic carbocycles. The van der Waals surface area contributed by atoms with Crippen LogP contribution in [0.1, 0.15) is 10.4 Å². The van der Waals surface area contributed by atoms with Crippen LogP contribution < -0.4 is 8.81 Å². The van der Waals surface area contributed by atoms with E-state index in [4.69, 9.17) is 20.4 Å². The SMILES string of the molecule is NC(=O)c1ccc([O][Sn])c(Cl)c1. The summed E-state index contributed by atoms with van der Waals surface area (Å²) in [5.41, 5.74) is 5.43. The molecule has 0 heterocycles. The van der Waals surface area contributed by atoms with Crippen LogP contribution in [-0.4, -0.2) is 28.8 Å². The van der Waals surface area contributed by atoms with Crippen molar-refractivity contribution in [3.8, 4) is 5.75 Å². The van der Waals surface area contributed by atoms with Gasteiger partial charge in [-0.15, -0.1) is 0 Å². The molecule has 12 heavy (non-hydrogen) atoms. The number of hydrogen-bond donors (Lipinski definition) is 1. The number of benzene rings is 1. The molecule has 61 valence electrons. The van der Waals surface area contributed by atoms with E-state index in [2.05, 4.69) is 0 Å². The van der Waals surface area contributed by atoms with Crippen molar-refractivity contribution in [3.05, 3.63) is 28.8 Å². The Morgan fingerprint density at radius 1 is 1.58 bits per heavy atom. The zero-order valence-electron chi connectivity index (χ0n) is 6.00. The molecule has 0 bridgehead atoms. The zero-order chi connectivity index (χ0) is 9.14. The molecule has 0 fully saturated rings. The quantitative estimate of drug-likeness (QED) is 0.823. The molecule has 3 radical (unpaired) electrons. The Labute approximate surface area is 88.5 Å². The summed E-state index contributed by atoms with van der Waals surface area (Å²) in [7, 11) is 0. The normalized spacial score (nSPS) is 9.50. The molecular weight excluding hydrogens is 284 g/mol. The third-order valence-electron chi connectivity index (χ3n) is 1.33. The van der Waals surface area contributed by atoms with E-state index in [9.17, 15) is 4.79 Å². The Balaban J connectivity index is 3.10. The summed E-state index contributed by atoms with van der Waals surface area (Å²) in [6.07, 6.45) is 0. The molecule has 0 aromatic heterocycles. The van der Waals surface area contributed by atoms with Crippen molar-refractivity contribution < 1.29 is 7.87 Å². The third-order valence-corrected chi connectivity index (χ3v) is 2.25. The average molecular weight is 289 g/mol. The number of carbonyl (C=O) groups excluding carboxylic acids is 1. The van der Waals surface area contributed by atoms with Crippen LogP contribution in [-0.2, 0) is 0 Å². The van der Waals surface area contributed by atoms with Gasteiger partial charge in [0.15, 0.2) is 0 Å². The number of primary amides is 1. The topological polar surface area (TPSA) is 52.3 Å².